The van der Waals surface area contributed by atoms with Gasteiger partial charge in [-0.1, -0.05) is 23.7 Å². The largest absolute Gasteiger partial charge is 0.356 e. The minimum atomic E-state index is 0. The Balaban J connectivity index is 0.00000264. The van der Waals surface area contributed by atoms with Gasteiger partial charge >= 0.3 is 0 Å². The molecule has 1 heterocycles. The van der Waals surface area contributed by atoms with Crippen molar-refractivity contribution in [2.24, 2.45) is 10.9 Å². The second-order valence-corrected chi connectivity index (χ2v) is 6.47. The molecule has 1 atom stereocenters. The van der Waals surface area contributed by atoms with Crippen molar-refractivity contribution in [3.63, 3.8) is 0 Å². The Kier molecular flexibility index (Phi) is 9.90. The molecule has 0 saturated carbocycles. The van der Waals surface area contributed by atoms with E-state index in [0.717, 1.165) is 30.5 Å². The Labute approximate surface area is 162 Å². The van der Waals surface area contributed by atoms with Gasteiger partial charge in [0.25, 0.3) is 0 Å². The van der Waals surface area contributed by atoms with E-state index < -0.39 is 0 Å². The first-order chi connectivity index (χ1) is 10.7. The summed E-state index contributed by atoms with van der Waals surface area (Å²) >= 11 is 6.00. The highest BCUT2D eigenvalue weighted by atomic mass is 127. The predicted molar refractivity (Wildman–Crippen MR) is 110 cm³/mol. The summed E-state index contributed by atoms with van der Waals surface area (Å²) in [5, 5.41) is 7.61. The predicted octanol–water partition coefficient (Wildman–Crippen LogP) is 3.01. The van der Waals surface area contributed by atoms with Crippen LogP contribution in [0, 0.1) is 5.92 Å². The average molecular weight is 451 g/mol. The zero-order valence-corrected chi connectivity index (χ0v) is 17.1. The second-order valence-electron chi connectivity index (χ2n) is 6.03. The molecule has 0 amide bonds. The summed E-state index contributed by atoms with van der Waals surface area (Å²) in [5.41, 5.74) is 1.24. The van der Waals surface area contributed by atoms with E-state index in [0.29, 0.717) is 5.92 Å². The molecule has 23 heavy (non-hydrogen) atoms. The van der Waals surface area contributed by atoms with E-state index >= 15 is 0 Å². The van der Waals surface area contributed by atoms with Gasteiger partial charge in [-0.05, 0) is 56.5 Å². The summed E-state index contributed by atoms with van der Waals surface area (Å²) in [5.74, 6) is 1.60. The summed E-state index contributed by atoms with van der Waals surface area (Å²) in [6, 6.07) is 8.00. The van der Waals surface area contributed by atoms with Gasteiger partial charge in [-0.15, -0.1) is 24.0 Å². The number of guanidine groups is 1. The molecule has 4 nitrogen and oxygen atoms in total. The van der Waals surface area contributed by atoms with Gasteiger partial charge in [-0.25, -0.2) is 0 Å². The van der Waals surface area contributed by atoms with Crippen LogP contribution in [0.4, 0.5) is 0 Å². The summed E-state index contributed by atoms with van der Waals surface area (Å²) in [4.78, 5) is 6.70. The lowest BCUT2D eigenvalue weighted by atomic mass is 9.99. The minimum absolute atomic E-state index is 0. The van der Waals surface area contributed by atoms with Gasteiger partial charge in [-0.3, -0.25) is 4.99 Å². The standard InChI is InChI=1S/C17H27ClN4.HI/c1-19-17(21-12-15-6-4-10-22(2)13-15)20-9-8-14-5-3-7-16(18)11-14;/h3,5,7,11,15H,4,6,8-10,12-13H2,1-2H3,(H2,19,20,21);1H. The van der Waals surface area contributed by atoms with Crippen molar-refractivity contribution >= 4 is 41.5 Å². The summed E-state index contributed by atoms with van der Waals surface area (Å²) < 4.78 is 0. The number of benzene rings is 1. The number of hydrogen-bond donors (Lipinski definition) is 2. The van der Waals surface area contributed by atoms with Crippen LogP contribution in [0.5, 0.6) is 0 Å². The molecule has 0 spiro atoms. The van der Waals surface area contributed by atoms with E-state index in [4.69, 9.17) is 11.6 Å². The Hall–Kier alpha value is -0.530. The topological polar surface area (TPSA) is 39.7 Å². The second kappa shape index (κ2) is 11.1. The van der Waals surface area contributed by atoms with E-state index in [1.165, 1.54) is 31.5 Å². The Morgan fingerprint density at radius 2 is 2.22 bits per heavy atom. The molecule has 0 aromatic heterocycles. The molecule has 1 saturated heterocycles. The number of halogens is 2. The molecule has 0 bridgehead atoms. The van der Waals surface area contributed by atoms with Crippen LogP contribution < -0.4 is 10.6 Å². The first-order valence-corrected chi connectivity index (χ1v) is 8.42. The number of nitrogens with zero attached hydrogens (tertiary/aromatic N) is 2. The fourth-order valence-corrected chi connectivity index (χ4v) is 3.13. The van der Waals surface area contributed by atoms with Crippen molar-refractivity contribution in [1.29, 1.82) is 0 Å². The van der Waals surface area contributed by atoms with Gasteiger partial charge in [-0.2, -0.15) is 0 Å². The van der Waals surface area contributed by atoms with Crippen LogP contribution in [0.25, 0.3) is 0 Å². The van der Waals surface area contributed by atoms with Crippen molar-refractivity contribution in [3.8, 4) is 0 Å². The lowest BCUT2D eigenvalue weighted by Crippen LogP contribution is -2.44. The van der Waals surface area contributed by atoms with E-state index in [2.05, 4.69) is 33.6 Å². The number of rotatable bonds is 5. The van der Waals surface area contributed by atoms with Crippen molar-refractivity contribution in [2.45, 2.75) is 19.3 Å². The van der Waals surface area contributed by atoms with Crippen LogP contribution >= 0.6 is 35.6 Å². The lowest BCUT2D eigenvalue weighted by molar-refractivity contribution is 0.210. The van der Waals surface area contributed by atoms with E-state index in [1.54, 1.807) is 0 Å². The highest BCUT2D eigenvalue weighted by molar-refractivity contribution is 14.0. The van der Waals surface area contributed by atoms with Gasteiger partial charge in [0.15, 0.2) is 5.96 Å². The lowest BCUT2D eigenvalue weighted by Gasteiger charge is -2.30. The maximum absolute atomic E-state index is 6.00. The van der Waals surface area contributed by atoms with Crippen molar-refractivity contribution in [2.75, 3.05) is 40.3 Å². The smallest absolute Gasteiger partial charge is 0.190 e. The van der Waals surface area contributed by atoms with Crippen LogP contribution in [0.15, 0.2) is 29.3 Å². The van der Waals surface area contributed by atoms with Gasteiger partial charge in [0.2, 0.25) is 0 Å². The first-order valence-electron chi connectivity index (χ1n) is 8.05. The van der Waals surface area contributed by atoms with Crippen molar-refractivity contribution in [3.05, 3.63) is 34.9 Å². The average Bonchev–Trinajstić information content (AvgIpc) is 2.51. The third-order valence-corrected chi connectivity index (χ3v) is 4.33. The highest BCUT2D eigenvalue weighted by Crippen LogP contribution is 2.13. The molecule has 130 valence electrons. The van der Waals surface area contributed by atoms with Crippen molar-refractivity contribution in [1.82, 2.24) is 15.5 Å². The molecular formula is C17H28ClIN4. The van der Waals surface area contributed by atoms with Gasteiger partial charge in [0, 0.05) is 31.7 Å². The normalized spacial score (nSPS) is 19.1. The molecular weight excluding hydrogens is 423 g/mol. The van der Waals surface area contributed by atoms with Gasteiger partial charge < -0.3 is 15.5 Å². The zero-order chi connectivity index (χ0) is 15.8. The fraction of sp³-hybridized carbons (Fsp3) is 0.588. The minimum Gasteiger partial charge on any atom is -0.356 e. The molecule has 1 aliphatic heterocycles. The third-order valence-electron chi connectivity index (χ3n) is 4.10. The van der Waals surface area contributed by atoms with E-state index in [-0.39, 0.29) is 24.0 Å². The molecule has 1 aromatic carbocycles. The van der Waals surface area contributed by atoms with Gasteiger partial charge in [0.1, 0.15) is 0 Å². The molecule has 1 unspecified atom stereocenters. The van der Waals surface area contributed by atoms with Gasteiger partial charge in [0.05, 0.1) is 0 Å². The van der Waals surface area contributed by atoms with Crippen LogP contribution in [0.1, 0.15) is 18.4 Å². The van der Waals surface area contributed by atoms with E-state index in [9.17, 15) is 0 Å². The Morgan fingerprint density at radius 3 is 2.91 bits per heavy atom. The Morgan fingerprint density at radius 1 is 1.39 bits per heavy atom. The molecule has 2 N–H and O–H groups in total. The number of piperidine rings is 1. The molecule has 1 fully saturated rings. The summed E-state index contributed by atoms with van der Waals surface area (Å²) in [7, 11) is 4.02. The maximum atomic E-state index is 6.00. The summed E-state index contributed by atoms with van der Waals surface area (Å²) in [6.07, 6.45) is 3.54. The molecule has 1 aliphatic rings. The number of aliphatic imine (C=N–C) groups is 1. The SMILES string of the molecule is CN=C(NCCc1cccc(Cl)c1)NCC1CCCN(C)C1.I. The monoisotopic (exact) mass is 450 g/mol. The number of hydrogen-bond acceptors (Lipinski definition) is 2. The molecule has 0 radical (unpaired) electrons. The van der Waals surface area contributed by atoms with Crippen LogP contribution in [0.3, 0.4) is 0 Å². The quantitative estimate of drug-likeness (QED) is 0.412. The van der Waals surface area contributed by atoms with Crippen molar-refractivity contribution < 1.29 is 0 Å². The molecule has 6 heteroatoms. The molecule has 0 aliphatic carbocycles. The third kappa shape index (κ3) is 7.72. The highest BCUT2D eigenvalue weighted by Gasteiger charge is 2.17. The summed E-state index contributed by atoms with van der Waals surface area (Å²) in [6.45, 7) is 4.24. The zero-order valence-electron chi connectivity index (χ0n) is 14.0. The molecule has 1 aromatic rings. The van der Waals surface area contributed by atoms with E-state index in [1.807, 2.05) is 25.2 Å². The molecule has 2 rings (SSSR count). The maximum Gasteiger partial charge on any atom is 0.190 e. The first kappa shape index (κ1) is 20.5. The number of nitrogens with one attached hydrogen (secondary N) is 2. The van der Waals surface area contributed by atoms with Crippen LogP contribution in [-0.2, 0) is 6.42 Å². The Bertz CT molecular complexity index is 495. The fourth-order valence-electron chi connectivity index (χ4n) is 2.92. The number of likely N-dealkylation sites (tertiary alicyclic amines) is 1. The van der Waals surface area contributed by atoms with Crippen LogP contribution in [-0.4, -0.2) is 51.1 Å². The van der Waals surface area contributed by atoms with Crippen LogP contribution in [0.2, 0.25) is 5.02 Å².